The van der Waals surface area contributed by atoms with Gasteiger partial charge in [0.25, 0.3) is 5.91 Å². The van der Waals surface area contributed by atoms with E-state index in [1.807, 2.05) is 61.3 Å². The molecule has 3 aromatic rings. The second-order valence-electron chi connectivity index (χ2n) is 7.46. The molecule has 1 aliphatic heterocycles. The lowest BCUT2D eigenvalue weighted by Crippen LogP contribution is -2.38. The third-order valence-corrected chi connectivity index (χ3v) is 5.50. The highest BCUT2D eigenvalue weighted by Crippen LogP contribution is 2.32. The van der Waals surface area contributed by atoms with Gasteiger partial charge in [0, 0.05) is 41.5 Å². The number of amides is 1. The summed E-state index contributed by atoms with van der Waals surface area (Å²) in [6.07, 6.45) is 6.84. The Morgan fingerprint density at radius 3 is 2.57 bits per heavy atom. The van der Waals surface area contributed by atoms with E-state index in [-0.39, 0.29) is 11.9 Å². The van der Waals surface area contributed by atoms with Crippen molar-refractivity contribution in [2.24, 2.45) is 0 Å². The number of carbonyl (C=O) groups excluding carboxylic acids is 1. The van der Waals surface area contributed by atoms with Crippen LogP contribution in [0.1, 0.15) is 52.6 Å². The summed E-state index contributed by atoms with van der Waals surface area (Å²) in [5.74, 6) is 0.0962. The van der Waals surface area contributed by atoms with Crippen LogP contribution in [0.2, 0.25) is 0 Å². The Morgan fingerprint density at radius 1 is 1.04 bits per heavy atom. The summed E-state index contributed by atoms with van der Waals surface area (Å²) in [4.78, 5) is 24.0. The van der Waals surface area contributed by atoms with Crippen molar-refractivity contribution >= 4 is 5.91 Å². The molecule has 0 bridgehead atoms. The van der Waals surface area contributed by atoms with Crippen molar-refractivity contribution < 1.29 is 4.79 Å². The molecule has 0 spiro atoms. The first kappa shape index (κ1) is 18.4. The van der Waals surface area contributed by atoms with Crippen LogP contribution in [-0.2, 0) is 0 Å². The Hall–Kier alpha value is -3.01. The number of nitrogens with zero attached hydrogens (tertiary/aromatic N) is 3. The van der Waals surface area contributed by atoms with Crippen LogP contribution in [0.15, 0.2) is 60.9 Å². The van der Waals surface area contributed by atoms with Gasteiger partial charge in [-0.1, -0.05) is 24.3 Å². The first-order valence-electron chi connectivity index (χ1n) is 9.89. The Kier molecular flexibility index (Phi) is 5.20. The Balaban J connectivity index is 1.59. The lowest BCUT2D eigenvalue weighted by molar-refractivity contribution is 0.0611. The van der Waals surface area contributed by atoms with Gasteiger partial charge in [-0.3, -0.25) is 14.8 Å². The van der Waals surface area contributed by atoms with E-state index in [4.69, 9.17) is 0 Å². The summed E-state index contributed by atoms with van der Waals surface area (Å²) in [6.45, 7) is 4.81. The normalized spacial score (nSPS) is 16.8. The lowest BCUT2D eigenvalue weighted by Gasteiger charge is -2.36. The summed E-state index contributed by atoms with van der Waals surface area (Å²) in [7, 11) is 0. The van der Waals surface area contributed by atoms with Gasteiger partial charge in [-0.05, 0) is 68.5 Å². The maximum atomic E-state index is 13.2. The number of aromatic nitrogens is 2. The molecule has 0 radical (unpaired) electrons. The zero-order valence-electron chi connectivity index (χ0n) is 16.4. The lowest BCUT2D eigenvalue weighted by atomic mass is 9.95. The van der Waals surface area contributed by atoms with E-state index >= 15 is 0 Å². The fourth-order valence-electron chi connectivity index (χ4n) is 4.04. The fraction of sp³-hybridized carbons (Fsp3) is 0.292. The molecule has 0 saturated carbocycles. The molecule has 1 amide bonds. The first-order valence-corrected chi connectivity index (χ1v) is 9.89. The van der Waals surface area contributed by atoms with Crippen LogP contribution in [0.4, 0.5) is 0 Å². The summed E-state index contributed by atoms with van der Waals surface area (Å²) in [6, 6.07) is 16.2. The number of hydrogen-bond acceptors (Lipinski definition) is 3. The third-order valence-electron chi connectivity index (χ3n) is 5.50. The predicted octanol–water partition coefficient (Wildman–Crippen LogP) is 5.13. The van der Waals surface area contributed by atoms with Gasteiger partial charge in [-0.25, -0.2) is 0 Å². The van der Waals surface area contributed by atoms with Crippen LogP contribution >= 0.6 is 0 Å². The molecule has 28 heavy (non-hydrogen) atoms. The van der Waals surface area contributed by atoms with Gasteiger partial charge < -0.3 is 4.90 Å². The van der Waals surface area contributed by atoms with Crippen molar-refractivity contribution in [2.75, 3.05) is 6.54 Å². The highest BCUT2D eigenvalue weighted by Gasteiger charge is 2.28. The minimum Gasteiger partial charge on any atom is -0.332 e. The van der Waals surface area contributed by atoms with E-state index in [9.17, 15) is 4.79 Å². The van der Waals surface area contributed by atoms with Gasteiger partial charge in [-0.2, -0.15) is 0 Å². The average Bonchev–Trinajstić information content (AvgIpc) is 2.74. The minimum atomic E-state index is 0.0962. The third kappa shape index (κ3) is 3.68. The minimum absolute atomic E-state index is 0.0962. The second kappa shape index (κ2) is 7.93. The van der Waals surface area contributed by atoms with Crippen molar-refractivity contribution in [3.05, 3.63) is 83.4 Å². The van der Waals surface area contributed by atoms with Crippen molar-refractivity contribution in [1.29, 1.82) is 0 Å². The Bertz CT molecular complexity index is 967. The van der Waals surface area contributed by atoms with E-state index in [1.54, 1.807) is 6.20 Å². The molecular weight excluding hydrogens is 346 g/mol. The van der Waals surface area contributed by atoms with Crippen LogP contribution in [-0.4, -0.2) is 27.3 Å². The molecule has 1 saturated heterocycles. The molecule has 0 unspecified atom stereocenters. The molecule has 3 heterocycles. The number of rotatable bonds is 3. The highest BCUT2D eigenvalue weighted by atomic mass is 16.2. The van der Waals surface area contributed by atoms with Crippen molar-refractivity contribution in [3.63, 3.8) is 0 Å². The zero-order valence-corrected chi connectivity index (χ0v) is 16.4. The fourth-order valence-corrected chi connectivity index (χ4v) is 4.04. The van der Waals surface area contributed by atoms with E-state index in [1.165, 1.54) is 0 Å². The quantitative estimate of drug-likeness (QED) is 0.641. The molecule has 1 aliphatic rings. The Morgan fingerprint density at radius 2 is 1.86 bits per heavy atom. The molecule has 142 valence electrons. The van der Waals surface area contributed by atoms with Crippen LogP contribution < -0.4 is 0 Å². The van der Waals surface area contributed by atoms with Crippen LogP contribution in [0.25, 0.3) is 11.1 Å². The predicted molar refractivity (Wildman–Crippen MR) is 111 cm³/mol. The van der Waals surface area contributed by atoms with Crippen molar-refractivity contribution in [1.82, 2.24) is 14.9 Å². The van der Waals surface area contributed by atoms with Gasteiger partial charge >= 0.3 is 0 Å². The number of piperidine rings is 1. The molecule has 4 nitrogen and oxygen atoms in total. The topological polar surface area (TPSA) is 46.1 Å². The zero-order chi connectivity index (χ0) is 19.5. The molecule has 4 heteroatoms. The highest BCUT2D eigenvalue weighted by molar-refractivity contribution is 5.95. The van der Waals surface area contributed by atoms with Gasteiger partial charge in [0.05, 0.1) is 6.04 Å². The average molecular weight is 371 g/mol. The second-order valence-corrected chi connectivity index (χ2v) is 7.46. The van der Waals surface area contributed by atoms with E-state index in [0.29, 0.717) is 0 Å². The summed E-state index contributed by atoms with van der Waals surface area (Å²) >= 11 is 0. The van der Waals surface area contributed by atoms with Gasteiger partial charge in [0.15, 0.2) is 0 Å². The number of hydrogen-bond donors (Lipinski definition) is 0. The van der Waals surface area contributed by atoms with Gasteiger partial charge in [-0.15, -0.1) is 0 Å². The molecule has 0 N–H and O–H groups in total. The molecular formula is C24H25N3O. The van der Waals surface area contributed by atoms with Crippen molar-refractivity contribution in [3.8, 4) is 11.1 Å². The van der Waals surface area contributed by atoms with Crippen LogP contribution in [0, 0.1) is 13.8 Å². The number of benzene rings is 1. The van der Waals surface area contributed by atoms with Crippen LogP contribution in [0.3, 0.4) is 0 Å². The number of likely N-dealkylation sites (tertiary alicyclic amines) is 1. The van der Waals surface area contributed by atoms with E-state index in [0.717, 1.165) is 59.4 Å². The van der Waals surface area contributed by atoms with Gasteiger partial charge in [0.2, 0.25) is 0 Å². The molecule has 1 fully saturated rings. The van der Waals surface area contributed by atoms with Crippen molar-refractivity contribution in [2.45, 2.75) is 39.2 Å². The molecule has 1 aromatic carbocycles. The number of aryl methyl sites for hydroxylation is 2. The maximum absolute atomic E-state index is 13.2. The molecule has 0 aliphatic carbocycles. The SMILES string of the molecule is Cc1ccc(-c2ccc(C(=O)N3CCCC[C@@H]3c3cccnc3)cc2)c(C)n1. The van der Waals surface area contributed by atoms with Crippen LogP contribution in [0.5, 0.6) is 0 Å². The van der Waals surface area contributed by atoms with E-state index < -0.39 is 0 Å². The summed E-state index contributed by atoms with van der Waals surface area (Å²) in [5.41, 5.74) is 6.07. The molecule has 4 rings (SSSR count). The number of carbonyl (C=O) groups is 1. The largest absolute Gasteiger partial charge is 0.332 e. The standard InChI is InChI=1S/C24H25N3O/c1-17-8-13-22(18(2)26-17)19-9-11-20(12-10-19)24(28)27-15-4-3-7-23(27)21-6-5-14-25-16-21/h5-6,8-14,16,23H,3-4,7,15H2,1-2H3/t23-/m1/s1. The Labute approximate surface area is 166 Å². The summed E-state index contributed by atoms with van der Waals surface area (Å²) < 4.78 is 0. The first-order chi connectivity index (χ1) is 13.6. The molecule has 2 aromatic heterocycles. The monoisotopic (exact) mass is 371 g/mol. The van der Waals surface area contributed by atoms with E-state index in [2.05, 4.69) is 22.1 Å². The maximum Gasteiger partial charge on any atom is 0.254 e. The smallest absolute Gasteiger partial charge is 0.254 e. The number of pyridine rings is 2. The van der Waals surface area contributed by atoms with Gasteiger partial charge in [0.1, 0.15) is 0 Å². The molecule has 1 atom stereocenters. The summed E-state index contributed by atoms with van der Waals surface area (Å²) in [5, 5.41) is 0.